The number of hydrogen-bond acceptors (Lipinski definition) is 0. The molecule has 0 spiro atoms. The lowest BCUT2D eigenvalue weighted by Crippen LogP contribution is -2.31. The van der Waals surface area contributed by atoms with Crippen molar-refractivity contribution in [1.82, 2.24) is 0 Å². The molecule has 0 saturated heterocycles. The Labute approximate surface area is 56.6 Å². The van der Waals surface area contributed by atoms with Gasteiger partial charge < -0.3 is 0 Å². The standard InChI is InChI=1S/C6H11ClSi/c1-8(2)5-3-4-6(8)7/h3,5-6H,4H2,1-2H3. The van der Waals surface area contributed by atoms with Gasteiger partial charge >= 0.3 is 0 Å². The minimum atomic E-state index is -1.06. The molecule has 2 heteroatoms. The molecule has 1 heterocycles. The van der Waals surface area contributed by atoms with E-state index >= 15 is 0 Å². The first kappa shape index (κ1) is 6.37. The number of rotatable bonds is 0. The Hall–Kier alpha value is 0.247. The average Bonchev–Trinajstić information content (AvgIpc) is 1.86. The zero-order chi connectivity index (χ0) is 6.20. The summed E-state index contributed by atoms with van der Waals surface area (Å²) in [4.78, 5) is 0. The van der Waals surface area contributed by atoms with Crippen molar-refractivity contribution in [3.8, 4) is 0 Å². The van der Waals surface area contributed by atoms with Gasteiger partial charge in [0.15, 0.2) is 0 Å². The summed E-state index contributed by atoms with van der Waals surface area (Å²) in [6.45, 7) is 4.60. The topological polar surface area (TPSA) is 0 Å². The van der Waals surface area contributed by atoms with Gasteiger partial charge in [-0.25, -0.2) is 0 Å². The molecule has 8 heavy (non-hydrogen) atoms. The summed E-state index contributed by atoms with van der Waals surface area (Å²) >= 11 is 6.00. The molecule has 0 amide bonds. The van der Waals surface area contributed by atoms with E-state index in [9.17, 15) is 0 Å². The van der Waals surface area contributed by atoms with Crippen LogP contribution in [0.3, 0.4) is 0 Å². The Balaban J connectivity index is 2.67. The van der Waals surface area contributed by atoms with Crippen LogP contribution in [0.5, 0.6) is 0 Å². The largest absolute Gasteiger partial charge is 0.126 e. The van der Waals surface area contributed by atoms with Crippen LogP contribution in [0.25, 0.3) is 0 Å². The third-order valence-corrected chi connectivity index (χ3v) is 6.51. The molecule has 0 aromatic carbocycles. The van der Waals surface area contributed by atoms with Crippen molar-refractivity contribution in [2.24, 2.45) is 0 Å². The SMILES string of the molecule is C[Si]1(C)C=CCC1Cl. The van der Waals surface area contributed by atoms with E-state index in [2.05, 4.69) is 24.9 Å². The molecule has 0 radical (unpaired) electrons. The third kappa shape index (κ3) is 0.980. The highest BCUT2D eigenvalue weighted by atomic mass is 35.5. The highest BCUT2D eigenvalue weighted by Gasteiger charge is 2.30. The molecule has 0 aromatic rings. The van der Waals surface area contributed by atoms with Crippen LogP contribution in [0.4, 0.5) is 0 Å². The molecule has 0 nitrogen and oxygen atoms in total. The zero-order valence-corrected chi connectivity index (χ0v) is 7.07. The number of alkyl halides is 1. The highest BCUT2D eigenvalue weighted by molar-refractivity contribution is 6.89. The predicted molar refractivity (Wildman–Crippen MR) is 40.9 cm³/mol. The zero-order valence-electron chi connectivity index (χ0n) is 5.32. The van der Waals surface area contributed by atoms with Crippen molar-refractivity contribution in [1.29, 1.82) is 0 Å². The van der Waals surface area contributed by atoms with E-state index in [0.29, 0.717) is 5.00 Å². The van der Waals surface area contributed by atoms with Crippen LogP contribution < -0.4 is 0 Å². The van der Waals surface area contributed by atoms with Gasteiger partial charge in [-0.3, -0.25) is 0 Å². The summed E-state index contributed by atoms with van der Waals surface area (Å²) in [6.07, 6.45) is 3.31. The fraction of sp³-hybridized carbons (Fsp3) is 0.667. The Kier molecular flexibility index (Phi) is 1.50. The van der Waals surface area contributed by atoms with Gasteiger partial charge in [0, 0.05) is 5.00 Å². The van der Waals surface area contributed by atoms with Gasteiger partial charge in [-0.1, -0.05) is 24.9 Å². The minimum Gasteiger partial charge on any atom is -0.126 e. The maximum atomic E-state index is 6.00. The Bertz CT molecular complexity index is 118. The second kappa shape index (κ2) is 1.89. The van der Waals surface area contributed by atoms with Gasteiger partial charge in [0.1, 0.15) is 0 Å². The molecule has 0 bridgehead atoms. The molecule has 0 fully saturated rings. The third-order valence-electron chi connectivity index (χ3n) is 1.70. The summed E-state index contributed by atoms with van der Waals surface area (Å²) in [5, 5.41) is 0.461. The van der Waals surface area contributed by atoms with Crippen LogP contribution >= 0.6 is 11.6 Å². The van der Waals surface area contributed by atoms with E-state index in [1.807, 2.05) is 0 Å². The molecule has 0 N–H and O–H groups in total. The van der Waals surface area contributed by atoms with Crippen molar-refractivity contribution in [3.05, 3.63) is 11.8 Å². The van der Waals surface area contributed by atoms with Crippen LogP contribution in [0.1, 0.15) is 6.42 Å². The van der Waals surface area contributed by atoms with E-state index < -0.39 is 8.07 Å². The fourth-order valence-corrected chi connectivity index (χ4v) is 2.92. The van der Waals surface area contributed by atoms with Crippen LogP contribution in [0.2, 0.25) is 13.1 Å². The van der Waals surface area contributed by atoms with Crippen LogP contribution in [-0.4, -0.2) is 13.1 Å². The lowest BCUT2D eigenvalue weighted by atomic mass is 10.5. The highest BCUT2D eigenvalue weighted by Crippen LogP contribution is 2.25. The Morgan fingerprint density at radius 2 is 2.25 bits per heavy atom. The molecule has 1 atom stereocenters. The van der Waals surface area contributed by atoms with Crippen LogP contribution in [0, 0.1) is 0 Å². The van der Waals surface area contributed by atoms with Crippen molar-refractivity contribution in [3.63, 3.8) is 0 Å². The Morgan fingerprint density at radius 3 is 2.38 bits per heavy atom. The first-order valence-electron chi connectivity index (χ1n) is 2.95. The van der Waals surface area contributed by atoms with E-state index in [0.717, 1.165) is 6.42 Å². The van der Waals surface area contributed by atoms with Crippen molar-refractivity contribution >= 4 is 19.7 Å². The van der Waals surface area contributed by atoms with E-state index in [4.69, 9.17) is 11.6 Å². The average molecular weight is 147 g/mol. The number of allylic oxidation sites excluding steroid dienone is 1. The molecule has 46 valence electrons. The van der Waals surface area contributed by atoms with Crippen LogP contribution in [-0.2, 0) is 0 Å². The molecule has 1 aliphatic rings. The maximum absolute atomic E-state index is 6.00. The lowest BCUT2D eigenvalue weighted by molar-refractivity contribution is 1.15. The minimum absolute atomic E-state index is 0.461. The van der Waals surface area contributed by atoms with Gasteiger partial charge in [-0.2, -0.15) is 0 Å². The van der Waals surface area contributed by atoms with Crippen molar-refractivity contribution < 1.29 is 0 Å². The van der Waals surface area contributed by atoms with E-state index in [1.165, 1.54) is 0 Å². The maximum Gasteiger partial charge on any atom is 0.0910 e. The van der Waals surface area contributed by atoms with Crippen LogP contribution in [0.15, 0.2) is 11.8 Å². The predicted octanol–water partition coefficient (Wildman–Crippen LogP) is 2.34. The summed E-state index contributed by atoms with van der Waals surface area (Å²) in [5.41, 5.74) is 2.32. The van der Waals surface area contributed by atoms with Gasteiger partial charge in [0.05, 0.1) is 8.07 Å². The molecule has 0 aliphatic carbocycles. The summed E-state index contributed by atoms with van der Waals surface area (Å²) in [5.74, 6) is 0. The van der Waals surface area contributed by atoms with Crippen molar-refractivity contribution in [2.45, 2.75) is 24.5 Å². The van der Waals surface area contributed by atoms with E-state index in [-0.39, 0.29) is 0 Å². The first-order valence-corrected chi connectivity index (χ1v) is 6.54. The smallest absolute Gasteiger partial charge is 0.0910 e. The van der Waals surface area contributed by atoms with Gasteiger partial charge in [-0.05, 0) is 6.42 Å². The lowest BCUT2D eigenvalue weighted by Gasteiger charge is -2.16. The fourth-order valence-electron chi connectivity index (χ4n) is 0.899. The summed E-state index contributed by atoms with van der Waals surface area (Å²) in [7, 11) is -1.06. The van der Waals surface area contributed by atoms with Gasteiger partial charge in [0.25, 0.3) is 0 Å². The van der Waals surface area contributed by atoms with Crippen molar-refractivity contribution in [2.75, 3.05) is 0 Å². The molecule has 1 rings (SSSR count). The molecular formula is C6H11ClSi. The molecule has 0 saturated carbocycles. The summed E-state index contributed by atoms with van der Waals surface area (Å²) < 4.78 is 0. The molecular weight excluding hydrogens is 136 g/mol. The quantitative estimate of drug-likeness (QED) is 0.364. The first-order chi connectivity index (χ1) is 3.63. The number of hydrogen-bond donors (Lipinski definition) is 0. The van der Waals surface area contributed by atoms with Gasteiger partial charge in [-0.15, -0.1) is 11.6 Å². The normalized spacial score (nSPS) is 33.6. The molecule has 0 aromatic heterocycles. The van der Waals surface area contributed by atoms with E-state index in [1.54, 1.807) is 0 Å². The summed E-state index contributed by atoms with van der Waals surface area (Å²) in [6, 6.07) is 0. The molecule has 1 aliphatic heterocycles. The second-order valence-corrected chi connectivity index (χ2v) is 8.49. The van der Waals surface area contributed by atoms with Gasteiger partial charge in [0.2, 0.25) is 0 Å². The second-order valence-electron chi connectivity index (χ2n) is 2.93. The number of halogens is 1. The monoisotopic (exact) mass is 146 g/mol. The molecule has 1 unspecified atom stereocenters. The Morgan fingerprint density at radius 1 is 1.62 bits per heavy atom.